The molecule has 2 fully saturated rings. The molecule has 3 heterocycles. The van der Waals surface area contributed by atoms with Gasteiger partial charge in [-0.15, -0.1) is 0 Å². The van der Waals surface area contributed by atoms with Gasteiger partial charge in [0.15, 0.2) is 11.6 Å². The highest BCUT2D eigenvalue weighted by Crippen LogP contribution is 2.49. The molecule has 190 valence electrons. The van der Waals surface area contributed by atoms with Crippen molar-refractivity contribution in [3.05, 3.63) is 76.0 Å². The van der Waals surface area contributed by atoms with Crippen molar-refractivity contribution in [2.75, 3.05) is 23.3 Å². The van der Waals surface area contributed by atoms with Crippen LogP contribution in [0.5, 0.6) is 0 Å². The van der Waals surface area contributed by atoms with Gasteiger partial charge in [-0.3, -0.25) is 9.59 Å². The third kappa shape index (κ3) is 3.87. The molecule has 2 atom stereocenters. The fourth-order valence-corrected chi connectivity index (χ4v) is 5.35. The van der Waals surface area contributed by atoms with Crippen LogP contribution in [0.2, 0.25) is 0 Å². The largest absolute Gasteiger partial charge is 0.367 e. The van der Waals surface area contributed by atoms with Gasteiger partial charge in [-0.25, -0.2) is 13.8 Å². The number of halogens is 2. The zero-order valence-electron chi connectivity index (χ0n) is 20.7. The zero-order chi connectivity index (χ0) is 26.0. The molecule has 2 aromatic heterocycles. The van der Waals surface area contributed by atoms with Crippen LogP contribution in [0.25, 0.3) is 16.7 Å². The van der Waals surface area contributed by atoms with E-state index in [9.17, 15) is 18.4 Å². The quantitative estimate of drug-likeness (QED) is 0.440. The van der Waals surface area contributed by atoms with Crippen LogP contribution in [0.1, 0.15) is 42.5 Å². The molecule has 37 heavy (non-hydrogen) atoms. The normalized spacial score (nSPS) is 18.5. The van der Waals surface area contributed by atoms with Crippen LogP contribution in [-0.2, 0) is 7.05 Å². The number of piperidine rings is 1. The number of imidazole rings is 1. The Bertz CT molecular complexity index is 1600. The number of benzene rings is 2. The molecule has 0 unspecified atom stereocenters. The van der Waals surface area contributed by atoms with E-state index in [2.05, 4.69) is 33.7 Å². The number of hydrogen-bond donors (Lipinski definition) is 1. The van der Waals surface area contributed by atoms with Gasteiger partial charge in [-0.05, 0) is 48.6 Å². The number of amides is 1. The van der Waals surface area contributed by atoms with E-state index in [4.69, 9.17) is 4.98 Å². The Morgan fingerprint density at radius 2 is 1.73 bits per heavy atom. The maximum Gasteiger partial charge on any atom is 0.276 e. The number of carbonyl (C=O) groups is 1. The van der Waals surface area contributed by atoms with Crippen LogP contribution >= 0.6 is 0 Å². The van der Waals surface area contributed by atoms with Gasteiger partial charge in [0, 0.05) is 32.1 Å². The number of nitrogens with zero attached hydrogens (tertiary/aromatic N) is 5. The number of carbonyl (C=O) groups excluding carboxylic acids is 1. The first-order valence-electron chi connectivity index (χ1n) is 12.3. The van der Waals surface area contributed by atoms with Crippen molar-refractivity contribution in [1.82, 2.24) is 19.3 Å². The fourth-order valence-electron chi connectivity index (χ4n) is 5.35. The van der Waals surface area contributed by atoms with E-state index in [1.807, 2.05) is 19.2 Å². The molecule has 10 heteroatoms. The smallest absolute Gasteiger partial charge is 0.276 e. The molecular weight excluding hydrogens is 478 g/mol. The average Bonchev–Trinajstić information content (AvgIpc) is 3.31. The van der Waals surface area contributed by atoms with Crippen LogP contribution < -0.4 is 15.8 Å². The average molecular weight is 505 g/mol. The number of aromatic nitrogens is 4. The van der Waals surface area contributed by atoms with Crippen molar-refractivity contribution in [1.29, 1.82) is 0 Å². The maximum atomic E-state index is 14.3. The molecule has 1 saturated carbocycles. The highest BCUT2D eigenvalue weighted by Gasteiger charge is 2.46. The number of anilines is 2. The summed E-state index contributed by atoms with van der Waals surface area (Å²) in [7, 11) is 1.99. The number of hydrogen-bond acceptors (Lipinski definition) is 5. The molecule has 0 spiro atoms. The molecule has 1 saturated heterocycles. The van der Waals surface area contributed by atoms with Gasteiger partial charge in [0.1, 0.15) is 22.7 Å². The van der Waals surface area contributed by atoms with E-state index in [1.165, 1.54) is 18.6 Å². The predicted molar refractivity (Wildman–Crippen MR) is 136 cm³/mol. The summed E-state index contributed by atoms with van der Waals surface area (Å²) in [4.78, 5) is 32.9. The molecule has 2 aliphatic rings. The summed E-state index contributed by atoms with van der Waals surface area (Å²) in [5.41, 5.74) is 1.68. The van der Waals surface area contributed by atoms with E-state index in [0.29, 0.717) is 22.2 Å². The number of para-hydroxylation sites is 1. The molecule has 2 aromatic carbocycles. The predicted octanol–water partition coefficient (Wildman–Crippen LogP) is 4.23. The minimum Gasteiger partial charge on any atom is -0.367 e. The van der Waals surface area contributed by atoms with E-state index in [-0.39, 0.29) is 11.6 Å². The van der Waals surface area contributed by atoms with E-state index >= 15 is 0 Å². The summed E-state index contributed by atoms with van der Waals surface area (Å²) in [6.45, 7) is 5.98. The second-order valence-electron chi connectivity index (χ2n) is 10.2. The summed E-state index contributed by atoms with van der Waals surface area (Å²) in [6.07, 6.45) is 1.23. The van der Waals surface area contributed by atoms with E-state index in [0.717, 1.165) is 53.8 Å². The lowest BCUT2D eigenvalue weighted by Gasteiger charge is -2.24. The Morgan fingerprint density at radius 3 is 2.41 bits per heavy atom. The molecular formula is C27H26F2N6O2. The standard InChI is InChI=1S/C27H26F2N6O2/c1-14(2)26-31-23-21(33(26)3)9-7-19(25(23)34-12-15-11-16(15)13-34)30-27(37)20-8-10-22(36)35(32-20)24-17(28)5-4-6-18(24)29/h4-10,14-16H,11-13H2,1-3H3,(H,30,37)/t15-,16+. The molecule has 8 nitrogen and oxygen atoms in total. The van der Waals surface area contributed by atoms with Crippen LogP contribution in [0.4, 0.5) is 20.2 Å². The third-order valence-corrected chi connectivity index (χ3v) is 7.30. The Kier molecular flexibility index (Phi) is 5.36. The van der Waals surface area contributed by atoms with Crippen LogP contribution in [0, 0.1) is 23.5 Å². The van der Waals surface area contributed by atoms with Gasteiger partial charge in [0.05, 0.1) is 16.9 Å². The first-order valence-corrected chi connectivity index (χ1v) is 12.3. The van der Waals surface area contributed by atoms with Gasteiger partial charge in [-0.1, -0.05) is 19.9 Å². The SMILES string of the molecule is CC(C)c1nc2c(N3C[C@H]4C[C@H]4C3)c(NC(=O)c3ccc(=O)n(-c4c(F)cccc4F)n3)ccc2n1C. The highest BCUT2D eigenvalue weighted by molar-refractivity contribution is 6.08. The van der Waals surface area contributed by atoms with Crippen molar-refractivity contribution >= 4 is 28.3 Å². The van der Waals surface area contributed by atoms with Gasteiger partial charge in [0.25, 0.3) is 11.5 Å². The van der Waals surface area contributed by atoms with Crippen LogP contribution in [0.15, 0.2) is 47.3 Å². The molecule has 1 aliphatic carbocycles. The Labute approximate surface area is 211 Å². The monoisotopic (exact) mass is 504 g/mol. The summed E-state index contributed by atoms with van der Waals surface area (Å²) >= 11 is 0. The van der Waals surface area contributed by atoms with Crippen LogP contribution in [0.3, 0.4) is 0 Å². The molecule has 1 N–H and O–H groups in total. The minimum absolute atomic E-state index is 0.151. The zero-order valence-corrected chi connectivity index (χ0v) is 20.7. The van der Waals surface area contributed by atoms with Crippen molar-refractivity contribution in [2.45, 2.75) is 26.2 Å². The molecule has 1 aliphatic heterocycles. The minimum atomic E-state index is -0.955. The van der Waals surface area contributed by atoms with Crippen molar-refractivity contribution in [2.24, 2.45) is 18.9 Å². The van der Waals surface area contributed by atoms with Gasteiger partial charge < -0.3 is 14.8 Å². The third-order valence-electron chi connectivity index (χ3n) is 7.30. The Hall–Kier alpha value is -4.08. The molecule has 1 amide bonds. The van der Waals surface area contributed by atoms with E-state index in [1.54, 1.807) is 0 Å². The number of nitrogens with one attached hydrogen (secondary N) is 1. The number of aryl methyl sites for hydroxylation is 1. The lowest BCUT2D eigenvalue weighted by molar-refractivity contribution is 0.102. The molecule has 4 aromatic rings. The van der Waals surface area contributed by atoms with Crippen LogP contribution in [-0.4, -0.2) is 38.3 Å². The van der Waals surface area contributed by atoms with Crippen molar-refractivity contribution < 1.29 is 13.6 Å². The molecule has 6 rings (SSSR count). The summed E-state index contributed by atoms with van der Waals surface area (Å²) in [5.74, 6) is -0.0207. The first-order chi connectivity index (χ1) is 17.7. The van der Waals surface area contributed by atoms with E-state index < -0.39 is 28.8 Å². The second kappa shape index (κ2) is 8.50. The second-order valence-corrected chi connectivity index (χ2v) is 10.2. The molecule has 0 bridgehead atoms. The summed E-state index contributed by atoms with van der Waals surface area (Å²) < 4.78 is 31.3. The first kappa shape index (κ1) is 23.3. The van der Waals surface area contributed by atoms with Crippen molar-refractivity contribution in [3.63, 3.8) is 0 Å². The Morgan fingerprint density at radius 1 is 1.03 bits per heavy atom. The number of fused-ring (bicyclic) bond motifs is 2. The lowest BCUT2D eigenvalue weighted by Crippen LogP contribution is -2.27. The van der Waals surface area contributed by atoms with Gasteiger partial charge in [-0.2, -0.15) is 9.78 Å². The highest BCUT2D eigenvalue weighted by atomic mass is 19.1. The lowest BCUT2D eigenvalue weighted by atomic mass is 10.2. The van der Waals surface area contributed by atoms with Gasteiger partial charge in [0.2, 0.25) is 0 Å². The topological polar surface area (TPSA) is 85.1 Å². The summed E-state index contributed by atoms with van der Waals surface area (Å²) in [5, 5.41) is 6.90. The maximum absolute atomic E-state index is 14.3. The molecule has 0 radical (unpaired) electrons. The number of rotatable bonds is 5. The fraction of sp³-hybridized carbons (Fsp3) is 0.333. The Balaban J connectivity index is 1.41. The van der Waals surface area contributed by atoms with Gasteiger partial charge >= 0.3 is 0 Å². The summed E-state index contributed by atoms with van der Waals surface area (Å²) in [6, 6.07) is 9.33. The van der Waals surface area contributed by atoms with Crippen molar-refractivity contribution in [3.8, 4) is 5.69 Å².